The maximum Gasteiger partial charge on any atom is 0.160 e. The van der Waals surface area contributed by atoms with Crippen molar-refractivity contribution in [1.29, 1.82) is 5.26 Å². The van der Waals surface area contributed by atoms with Gasteiger partial charge < -0.3 is 19.9 Å². The van der Waals surface area contributed by atoms with Gasteiger partial charge in [0.2, 0.25) is 0 Å². The van der Waals surface area contributed by atoms with E-state index in [-0.39, 0.29) is 17.8 Å². The molecule has 2 N–H and O–H groups in total. The average Bonchev–Trinajstić information content (AvgIpc) is 3.20. The Labute approximate surface area is 199 Å². The highest BCUT2D eigenvalue weighted by Gasteiger charge is 2.54. The summed E-state index contributed by atoms with van der Waals surface area (Å²) in [5.74, 6) is 1.57. The molecule has 2 aromatic carbocycles. The SMILES string of the molecule is COc1cc2c(cc1O)C(=NOCc1ccccc1C#N)C[C@@H]1[C@@H]2CC[C@]2(C)C(=NO)CC[C@@H]12. The molecule has 2 fully saturated rings. The minimum absolute atomic E-state index is 0.0819. The number of phenolic OH excluding ortho intramolecular Hbond substituents is 1. The van der Waals surface area contributed by atoms with Gasteiger partial charge in [0.15, 0.2) is 11.5 Å². The summed E-state index contributed by atoms with van der Waals surface area (Å²) in [4.78, 5) is 5.77. The summed E-state index contributed by atoms with van der Waals surface area (Å²) in [5.41, 5.74) is 4.97. The van der Waals surface area contributed by atoms with Gasteiger partial charge in [-0.1, -0.05) is 35.4 Å². The number of aromatic hydroxyl groups is 1. The maximum absolute atomic E-state index is 10.5. The molecule has 0 aliphatic heterocycles. The van der Waals surface area contributed by atoms with Gasteiger partial charge in [-0.25, -0.2) is 0 Å². The molecule has 0 unspecified atom stereocenters. The molecule has 0 radical (unpaired) electrons. The van der Waals surface area contributed by atoms with Crippen LogP contribution < -0.4 is 4.74 Å². The molecule has 7 heteroatoms. The molecule has 0 aromatic heterocycles. The molecule has 34 heavy (non-hydrogen) atoms. The van der Waals surface area contributed by atoms with Crippen LogP contribution in [0.1, 0.15) is 67.2 Å². The lowest BCUT2D eigenvalue weighted by Crippen LogP contribution is -2.43. The van der Waals surface area contributed by atoms with Crippen LogP contribution in [-0.4, -0.2) is 28.8 Å². The van der Waals surface area contributed by atoms with E-state index < -0.39 is 0 Å². The monoisotopic (exact) mass is 459 g/mol. The lowest BCUT2D eigenvalue weighted by molar-refractivity contribution is 0.103. The Morgan fingerprint density at radius 3 is 2.82 bits per heavy atom. The fraction of sp³-hybridized carbons (Fsp3) is 0.444. The molecule has 4 atom stereocenters. The van der Waals surface area contributed by atoms with Gasteiger partial charge in [0.25, 0.3) is 0 Å². The summed E-state index contributed by atoms with van der Waals surface area (Å²) >= 11 is 0. The zero-order valence-corrected chi connectivity index (χ0v) is 19.5. The van der Waals surface area contributed by atoms with Crippen molar-refractivity contribution in [3.8, 4) is 17.6 Å². The van der Waals surface area contributed by atoms with Crippen molar-refractivity contribution in [2.45, 2.75) is 51.6 Å². The molecular weight excluding hydrogens is 430 g/mol. The molecule has 3 aliphatic carbocycles. The van der Waals surface area contributed by atoms with Gasteiger partial charge in [-0.2, -0.15) is 5.26 Å². The number of nitriles is 1. The van der Waals surface area contributed by atoms with Gasteiger partial charge in [-0.3, -0.25) is 0 Å². The van der Waals surface area contributed by atoms with Crippen LogP contribution in [0.5, 0.6) is 11.5 Å². The van der Waals surface area contributed by atoms with E-state index in [0.717, 1.165) is 60.2 Å². The minimum atomic E-state index is -0.105. The van der Waals surface area contributed by atoms with E-state index in [4.69, 9.17) is 9.57 Å². The number of hydrogen-bond acceptors (Lipinski definition) is 7. The van der Waals surface area contributed by atoms with E-state index in [1.165, 1.54) is 0 Å². The van der Waals surface area contributed by atoms with Crippen molar-refractivity contribution in [3.05, 3.63) is 58.7 Å². The highest BCUT2D eigenvalue weighted by Crippen LogP contribution is 2.60. The van der Waals surface area contributed by atoms with Gasteiger partial charge in [-0.05, 0) is 73.6 Å². The normalized spacial score (nSPS) is 29.7. The lowest BCUT2D eigenvalue weighted by Gasteiger charge is -2.48. The predicted molar refractivity (Wildman–Crippen MR) is 127 cm³/mol. The van der Waals surface area contributed by atoms with Crippen LogP contribution in [0.15, 0.2) is 46.7 Å². The summed E-state index contributed by atoms with van der Waals surface area (Å²) in [5, 5.41) is 37.7. The second kappa shape index (κ2) is 8.68. The smallest absolute Gasteiger partial charge is 0.160 e. The third-order valence-electron chi connectivity index (χ3n) is 8.32. The zero-order valence-electron chi connectivity index (χ0n) is 19.5. The number of hydrogen-bond donors (Lipinski definition) is 2. The second-order valence-electron chi connectivity index (χ2n) is 9.81. The van der Waals surface area contributed by atoms with Crippen molar-refractivity contribution in [3.63, 3.8) is 0 Å². The highest BCUT2D eigenvalue weighted by molar-refractivity contribution is 6.04. The van der Waals surface area contributed by atoms with E-state index in [1.807, 2.05) is 24.3 Å². The van der Waals surface area contributed by atoms with Gasteiger partial charge in [-0.15, -0.1) is 0 Å². The summed E-state index contributed by atoms with van der Waals surface area (Å²) < 4.78 is 5.43. The fourth-order valence-electron chi connectivity index (χ4n) is 6.57. The van der Waals surface area contributed by atoms with Gasteiger partial charge in [0, 0.05) is 16.5 Å². The Bertz CT molecular complexity index is 1210. The maximum atomic E-state index is 10.5. The average molecular weight is 460 g/mol. The molecule has 5 rings (SSSR count). The minimum Gasteiger partial charge on any atom is -0.504 e. The van der Waals surface area contributed by atoms with Crippen molar-refractivity contribution in [2.24, 2.45) is 27.6 Å². The first-order valence-corrected chi connectivity index (χ1v) is 11.8. The highest BCUT2D eigenvalue weighted by atomic mass is 16.6. The molecular formula is C27H29N3O4. The Morgan fingerprint density at radius 1 is 1.24 bits per heavy atom. The first kappa shape index (κ1) is 22.3. The third-order valence-corrected chi connectivity index (χ3v) is 8.32. The van der Waals surface area contributed by atoms with Crippen LogP contribution in [0.2, 0.25) is 0 Å². The van der Waals surface area contributed by atoms with Crippen molar-refractivity contribution in [1.82, 2.24) is 0 Å². The molecule has 176 valence electrons. The molecule has 7 nitrogen and oxygen atoms in total. The number of methoxy groups -OCH3 is 1. The molecule has 3 aliphatic rings. The van der Waals surface area contributed by atoms with Crippen molar-refractivity contribution >= 4 is 11.4 Å². The van der Waals surface area contributed by atoms with Crippen LogP contribution in [0.25, 0.3) is 0 Å². The van der Waals surface area contributed by atoms with Crippen LogP contribution in [0, 0.1) is 28.6 Å². The van der Waals surface area contributed by atoms with Gasteiger partial charge in [0.1, 0.15) is 6.61 Å². The van der Waals surface area contributed by atoms with Crippen molar-refractivity contribution < 1.29 is 19.9 Å². The van der Waals surface area contributed by atoms with E-state index in [0.29, 0.717) is 29.1 Å². The number of ether oxygens (including phenoxy) is 1. The van der Waals surface area contributed by atoms with E-state index in [2.05, 4.69) is 23.3 Å². The number of oxime groups is 2. The topological polar surface area (TPSA) is 107 Å². The Hall–Kier alpha value is -3.53. The number of rotatable bonds is 4. The van der Waals surface area contributed by atoms with Crippen molar-refractivity contribution in [2.75, 3.05) is 7.11 Å². The Kier molecular flexibility index (Phi) is 5.68. The number of benzene rings is 2. The summed E-state index contributed by atoms with van der Waals surface area (Å²) in [6.45, 7) is 2.43. The molecule has 0 spiro atoms. The predicted octanol–water partition coefficient (Wildman–Crippen LogP) is 5.34. The lowest BCUT2D eigenvalue weighted by atomic mass is 9.55. The van der Waals surface area contributed by atoms with Crippen LogP contribution >= 0.6 is 0 Å². The fourth-order valence-corrected chi connectivity index (χ4v) is 6.57. The standard InChI is InChI=1S/C27H29N3O4/c1-27-10-9-18-19-13-25(33-2)24(31)12-21(19)23(11-20(18)22(27)7-8-26(27)29-32)30-34-15-17-6-4-3-5-16(17)14-28/h3-6,12-13,18,20,22,31-32H,7-11,15H2,1-2H3/t18-,20-,22+,27+/m1/s1. The Morgan fingerprint density at radius 2 is 2.06 bits per heavy atom. The van der Waals surface area contributed by atoms with E-state index in [1.54, 1.807) is 19.2 Å². The van der Waals surface area contributed by atoms with Crippen LogP contribution in [0.4, 0.5) is 0 Å². The number of fused-ring (bicyclic) bond motifs is 5. The summed E-state index contributed by atoms with van der Waals surface area (Å²) in [7, 11) is 1.56. The summed E-state index contributed by atoms with van der Waals surface area (Å²) in [6.07, 6.45) is 4.48. The molecule has 0 bridgehead atoms. The van der Waals surface area contributed by atoms with Crippen LogP contribution in [0.3, 0.4) is 0 Å². The second-order valence-corrected chi connectivity index (χ2v) is 9.81. The molecule has 2 saturated carbocycles. The van der Waals surface area contributed by atoms with Gasteiger partial charge >= 0.3 is 0 Å². The quantitative estimate of drug-likeness (QED) is 0.474. The third kappa shape index (κ3) is 3.49. The van der Waals surface area contributed by atoms with E-state index >= 15 is 0 Å². The largest absolute Gasteiger partial charge is 0.504 e. The Balaban J connectivity index is 1.52. The van der Waals surface area contributed by atoms with Gasteiger partial charge in [0.05, 0.1) is 30.2 Å². The van der Waals surface area contributed by atoms with Crippen LogP contribution in [-0.2, 0) is 11.4 Å². The first-order valence-electron chi connectivity index (χ1n) is 11.8. The van der Waals surface area contributed by atoms with E-state index in [9.17, 15) is 15.6 Å². The summed E-state index contributed by atoms with van der Waals surface area (Å²) in [6, 6.07) is 13.2. The molecule has 0 amide bonds. The molecule has 0 heterocycles. The molecule has 0 saturated heterocycles. The molecule has 2 aromatic rings. The first-order chi connectivity index (χ1) is 16.5. The number of phenols is 1. The zero-order chi connectivity index (χ0) is 23.9. The number of nitrogens with zero attached hydrogens (tertiary/aromatic N) is 3.